The fourth-order valence-corrected chi connectivity index (χ4v) is 3.01. The second-order valence-corrected chi connectivity index (χ2v) is 5.54. The third-order valence-corrected chi connectivity index (χ3v) is 4.46. The van der Waals surface area contributed by atoms with E-state index in [1.807, 2.05) is 6.92 Å². The van der Waals surface area contributed by atoms with Crippen molar-refractivity contribution in [3.05, 3.63) is 27.9 Å². The molecule has 1 aromatic heterocycles. The van der Waals surface area contributed by atoms with Crippen LogP contribution in [0.15, 0.2) is 22.4 Å². The summed E-state index contributed by atoms with van der Waals surface area (Å²) in [6.07, 6.45) is 2.21. The Bertz CT molecular complexity index is 551. The van der Waals surface area contributed by atoms with Crippen LogP contribution < -0.4 is 5.73 Å². The van der Waals surface area contributed by atoms with E-state index in [0.717, 1.165) is 6.42 Å². The Balaban J connectivity index is 2.30. The van der Waals surface area contributed by atoms with E-state index in [9.17, 15) is 10.1 Å². The molecule has 0 spiro atoms. The van der Waals surface area contributed by atoms with Crippen molar-refractivity contribution >= 4 is 23.3 Å². The number of ether oxygens (including phenoxy) is 1. The molecule has 2 rings (SSSR count). The number of rotatable bonds is 4. The maximum atomic E-state index is 11.1. The Kier molecular flexibility index (Phi) is 4.40. The zero-order chi connectivity index (χ0) is 14.7. The predicted octanol–water partition coefficient (Wildman–Crippen LogP) is 1.35. The third-order valence-electron chi connectivity index (χ3n) is 3.00. The molecule has 1 saturated heterocycles. The summed E-state index contributed by atoms with van der Waals surface area (Å²) in [7, 11) is 0. The van der Waals surface area contributed by atoms with Gasteiger partial charge in [0, 0.05) is 29.7 Å². The molecule has 0 amide bonds. The number of aromatic nitrogens is 1. The van der Waals surface area contributed by atoms with Crippen molar-refractivity contribution in [2.45, 2.75) is 29.7 Å². The molecule has 108 valence electrons. The van der Waals surface area contributed by atoms with Gasteiger partial charge in [0.2, 0.25) is 0 Å². The van der Waals surface area contributed by atoms with Crippen molar-refractivity contribution < 1.29 is 14.9 Å². The lowest BCUT2D eigenvalue weighted by molar-refractivity contribution is -0.388. The van der Waals surface area contributed by atoms with E-state index in [-0.39, 0.29) is 28.4 Å². The van der Waals surface area contributed by atoms with Gasteiger partial charge in [-0.25, -0.2) is 4.98 Å². The van der Waals surface area contributed by atoms with Gasteiger partial charge in [0.25, 0.3) is 0 Å². The molecule has 0 bridgehead atoms. The van der Waals surface area contributed by atoms with Crippen LogP contribution in [0.1, 0.15) is 18.9 Å². The van der Waals surface area contributed by atoms with Crippen LogP contribution in [0.25, 0.3) is 0 Å². The van der Waals surface area contributed by atoms with Gasteiger partial charge in [-0.05, 0) is 13.3 Å². The minimum atomic E-state index is -0.524. The first-order valence-corrected chi connectivity index (χ1v) is 6.81. The minimum absolute atomic E-state index is 0.0326. The van der Waals surface area contributed by atoms with Gasteiger partial charge in [-0.1, -0.05) is 16.9 Å². The fourth-order valence-electron chi connectivity index (χ4n) is 1.87. The number of nitrogens with zero attached hydrogens (tertiary/aromatic N) is 3. The fraction of sp³-hybridized carbons (Fsp3) is 0.455. The molecular weight excluding hydrogens is 284 g/mol. The summed E-state index contributed by atoms with van der Waals surface area (Å²) in [5.74, 6) is -0.213. The topological polar surface area (TPSA) is 124 Å². The Morgan fingerprint density at radius 3 is 3.05 bits per heavy atom. The van der Waals surface area contributed by atoms with Gasteiger partial charge in [0.15, 0.2) is 10.9 Å². The molecule has 1 fully saturated rings. The molecule has 1 aromatic rings. The lowest BCUT2D eigenvalue weighted by atomic mass is 10.2. The molecule has 1 aliphatic rings. The van der Waals surface area contributed by atoms with E-state index in [0.29, 0.717) is 11.6 Å². The van der Waals surface area contributed by atoms with Gasteiger partial charge in [-0.2, -0.15) is 0 Å². The monoisotopic (exact) mass is 298 g/mol. The molecule has 3 N–H and O–H groups in total. The maximum Gasteiger partial charge on any atom is 0.302 e. The molecule has 0 radical (unpaired) electrons. The summed E-state index contributed by atoms with van der Waals surface area (Å²) >= 11 is 1.32. The van der Waals surface area contributed by atoms with Crippen LogP contribution in [0.4, 0.5) is 5.69 Å². The summed E-state index contributed by atoms with van der Waals surface area (Å²) in [6.45, 7) is 2.58. The van der Waals surface area contributed by atoms with Crippen molar-refractivity contribution in [2.24, 2.45) is 10.9 Å². The molecule has 2 unspecified atom stereocenters. The van der Waals surface area contributed by atoms with Gasteiger partial charge in [0.1, 0.15) is 0 Å². The van der Waals surface area contributed by atoms with E-state index in [2.05, 4.69) is 10.1 Å². The zero-order valence-electron chi connectivity index (χ0n) is 10.7. The summed E-state index contributed by atoms with van der Waals surface area (Å²) in [5.41, 5.74) is 5.46. The number of hydrogen-bond acceptors (Lipinski definition) is 7. The average Bonchev–Trinajstić information content (AvgIpc) is 2.83. The first kappa shape index (κ1) is 14.5. The van der Waals surface area contributed by atoms with Crippen LogP contribution in [0.5, 0.6) is 0 Å². The van der Waals surface area contributed by atoms with Crippen molar-refractivity contribution in [2.75, 3.05) is 6.61 Å². The van der Waals surface area contributed by atoms with E-state index >= 15 is 0 Å². The van der Waals surface area contributed by atoms with E-state index in [1.165, 1.54) is 24.0 Å². The van der Waals surface area contributed by atoms with E-state index < -0.39 is 4.92 Å². The summed E-state index contributed by atoms with van der Waals surface area (Å²) in [4.78, 5) is 14.7. The highest BCUT2D eigenvalue weighted by Gasteiger charge is 2.29. The molecule has 20 heavy (non-hydrogen) atoms. The van der Waals surface area contributed by atoms with Gasteiger partial charge >= 0.3 is 5.69 Å². The summed E-state index contributed by atoms with van der Waals surface area (Å²) in [5, 5.41) is 23.0. The van der Waals surface area contributed by atoms with Crippen molar-refractivity contribution in [3.8, 4) is 0 Å². The van der Waals surface area contributed by atoms with Crippen molar-refractivity contribution in [1.29, 1.82) is 0 Å². The predicted molar refractivity (Wildman–Crippen MR) is 73.1 cm³/mol. The van der Waals surface area contributed by atoms with Gasteiger partial charge in [-0.3, -0.25) is 10.1 Å². The molecule has 2 atom stereocenters. The largest absolute Gasteiger partial charge is 0.409 e. The number of nitro groups is 1. The van der Waals surface area contributed by atoms with Crippen LogP contribution in [0.2, 0.25) is 0 Å². The number of nitrogens with two attached hydrogens (primary N) is 1. The number of thioether (sulfide) groups is 1. The highest BCUT2D eigenvalue weighted by atomic mass is 32.2. The number of pyridine rings is 1. The Morgan fingerprint density at radius 2 is 2.50 bits per heavy atom. The Hall–Kier alpha value is -1.87. The first-order valence-electron chi connectivity index (χ1n) is 5.93. The highest BCUT2D eigenvalue weighted by Crippen LogP contribution is 2.36. The second-order valence-electron chi connectivity index (χ2n) is 4.31. The van der Waals surface area contributed by atoms with Crippen LogP contribution in [-0.2, 0) is 4.74 Å². The Morgan fingerprint density at radius 1 is 1.75 bits per heavy atom. The summed E-state index contributed by atoms with van der Waals surface area (Å²) in [6, 6.07) is 1.25. The van der Waals surface area contributed by atoms with Gasteiger partial charge in [0.05, 0.1) is 11.0 Å². The molecule has 0 saturated carbocycles. The van der Waals surface area contributed by atoms with Crippen molar-refractivity contribution in [3.63, 3.8) is 0 Å². The SMILES string of the molecule is CC1OCCC1Sc1ncc(C(N)=NO)cc1[N+](=O)[O-]. The zero-order valence-corrected chi connectivity index (χ0v) is 11.5. The van der Waals surface area contributed by atoms with Crippen molar-refractivity contribution in [1.82, 2.24) is 4.98 Å². The van der Waals surface area contributed by atoms with Crippen LogP contribution >= 0.6 is 11.8 Å². The van der Waals surface area contributed by atoms with E-state index in [1.54, 1.807) is 0 Å². The second kappa shape index (κ2) is 6.06. The lowest BCUT2D eigenvalue weighted by Gasteiger charge is -2.13. The first-order chi connectivity index (χ1) is 9.52. The Labute approximate surface area is 119 Å². The molecule has 9 heteroatoms. The van der Waals surface area contributed by atoms with Gasteiger partial charge in [-0.15, -0.1) is 0 Å². The quantitative estimate of drug-likeness (QED) is 0.282. The standard InChI is InChI=1S/C11H14N4O4S/c1-6-9(2-3-19-6)20-11-8(15(17)18)4-7(5-13-11)10(12)14-16/h4-6,9,16H,2-3H2,1H3,(H2,12,14). The maximum absolute atomic E-state index is 11.1. The summed E-state index contributed by atoms with van der Waals surface area (Å²) < 4.78 is 5.43. The molecule has 0 aliphatic carbocycles. The number of amidine groups is 1. The van der Waals surface area contributed by atoms with Crippen LogP contribution in [-0.4, -0.2) is 38.9 Å². The van der Waals surface area contributed by atoms with Crippen LogP contribution in [0.3, 0.4) is 0 Å². The minimum Gasteiger partial charge on any atom is -0.409 e. The lowest BCUT2D eigenvalue weighted by Crippen LogP contribution is -2.16. The third kappa shape index (κ3) is 2.99. The number of hydrogen-bond donors (Lipinski definition) is 2. The van der Waals surface area contributed by atoms with E-state index in [4.69, 9.17) is 15.7 Å². The average molecular weight is 298 g/mol. The van der Waals surface area contributed by atoms with Gasteiger partial charge < -0.3 is 15.7 Å². The molecule has 1 aliphatic heterocycles. The molecule has 0 aromatic carbocycles. The molecule has 2 heterocycles. The normalized spacial score (nSPS) is 22.9. The highest BCUT2D eigenvalue weighted by molar-refractivity contribution is 8.00. The number of oxime groups is 1. The molecule has 8 nitrogen and oxygen atoms in total. The van der Waals surface area contributed by atoms with Crippen LogP contribution in [0, 0.1) is 10.1 Å². The molecular formula is C11H14N4O4S. The smallest absolute Gasteiger partial charge is 0.302 e.